The molecule has 102 valence electrons. The normalized spacial score (nSPS) is 27.0. The summed E-state index contributed by atoms with van der Waals surface area (Å²) in [4.78, 5) is 8.14. The Kier molecular flexibility index (Phi) is 3.04. The Morgan fingerprint density at radius 1 is 1.63 bits per heavy atom. The van der Waals surface area contributed by atoms with Gasteiger partial charge in [0.25, 0.3) is 0 Å². The van der Waals surface area contributed by atoms with Gasteiger partial charge in [-0.2, -0.15) is 15.1 Å². The van der Waals surface area contributed by atoms with E-state index in [2.05, 4.69) is 25.5 Å². The average Bonchev–Trinajstić information content (AvgIpc) is 2.95. The van der Waals surface area contributed by atoms with Crippen molar-refractivity contribution in [2.24, 2.45) is 0 Å². The van der Waals surface area contributed by atoms with Crippen molar-refractivity contribution in [1.82, 2.24) is 20.2 Å². The van der Waals surface area contributed by atoms with Crippen molar-refractivity contribution in [3.8, 4) is 0 Å². The molecule has 3 heterocycles. The van der Waals surface area contributed by atoms with E-state index in [4.69, 9.17) is 16.3 Å². The van der Waals surface area contributed by atoms with Crippen LogP contribution in [0.3, 0.4) is 0 Å². The first kappa shape index (κ1) is 12.6. The van der Waals surface area contributed by atoms with Gasteiger partial charge >= 0.3 is 0 Å². The first-order chi connectivity index (χ1) is 9.08. The van der Waals surface area contributed by atoms with Gasteiger partial charge in [-0.1, -0.05) is 0 Å². The Balaban J connectivity index is 1.83. The molecule has 7 nitrogen and oxygen atoms in total. The molecular formula is C11H14ClN5O2. The highest BCUT2D eigenvalue weighted by Crippen LogP contribution is 2.27. The second-order valence-corrected chi connectivity index (χ2v) is 5.03. The van der Waals surface area contributed by atoms with Crippen LogP contribution in [0.2, 0.25) is 5.28 Å². The van der Waals surface area contributed by atoms with Gasteiger partial charge in [-0.05, 0) is 18.5 Å². The van der Waals surface area contributed by atoms with Gasteiger partial charge in [0.15, 0.2) is 5.65 Å². The van der Waals surface area contributed by atoms with Crippen LogP contribution in [0.4, 0.5) is 5.82 Å². The van der Waals surface area contributed by atoms with Gasteiger partial charge in [-0.15, -0.1) is 0 Å². The molecule has 1 aliphatic rings. The quantitative estimate of drug-likeness (QED) is 0.726. The Labute approximate surface area is 114 Å². The summed E-state index contributed by atoms with van der Waals surface area (Å²) in [6.45, 7) is 2.75. The first-order valence-corrected chi connectivity index (χ1v) is 6.41. The highest BCUT2D eigenvalue weighted by Gasteiger charge is 2.39. The lowest BCUT2D eigenvalue weighted by molar-refractivity contribution is -0.0176. The SMILES string of the molecule is CC1OCCC1(O)CNc1nc(Cl)nc2[nH]ncc12. The summed E-state index contributed by atoms with van der Waals surface area (Å²) in [5.74, 6) is 0.552. The van der Waals surface area contributed by atoms with E-state index >= 15 is 0 Å². The van der Waals surface area contributed by atoms with Crippen molar-refractivity contribution in [1.29, 1.82) is 0 Å². The van der Waals surface area contributed by atoms with Gasteiger partial charge in [0, 0.05) is 19.6 Å². The average molecular weight is 284 g/mol. The second-order valence-electron chi connectivity index (χ2n) is 4.69. The zero-order valence-electron chi connectivity index (χ0n) is 10.4. The van der Waals surface area contributed by atoms with Crippen molar-refractivity contribution in [2.45, 2.75) is 25.0 Å². The summed E-state index contributed by atoms with van der Waals surface area (Å²) in [5.41, 5.74) is -0.335. The number of aliphatic hydroxyl groups is 1. The van der Waals surface area contributed by atoms with Crippen LogP contribution < -0.4 is 5.32 Å². The Bertz CT molecular complexity index is 604. The molecule has 8 heteroatoms. The number of H-pyrrole nitrogens is 1. The van der Waals surface area contributed by atoms with Crippen molar-refractivity contribution in [2.75, 3.05) is 18.5 Å². The summed E-state index contributed by atoms with van der Waals surface area (Å²) in [5, 5.41) is 21.0. The minimum atomic E-state index is -0.895. The number of halogens is 1. The molecule has 0 radical (unpaired) electrons. The fraction of sp³-hybridized carbons (Fsp3) is 0.545. The number of nitrogens with one attached hydrogen (secondary N) is 2. The van der Waals surface area contributed by atoms with Gasteiger partial charge < -0.3 is 15.2 Å². The van der Waals surface area contributed by atoms with Gasteiger partial charge in [0.05, 0.1) is 17.7 Å². The predicted molar refractivity (Wildman–Crippen MR) is 70.2 cm³/mol. The van der Waals surface area contributed by atoms with Crippen LogP contribution in [0.1, 0.15) is 13.3 Å². The van der Waals surface area contributed by atoms with Crippen molar-refractivity contribution < 1.29 is 9.84 Å². The predicted octanol–water partition coefficient (Wildman–Crippen LogP) is 0.958. The smallest absolute Gasteiger partial charge is 0.226 e. The maximum absolute atomic E-state index is 10.4. The largest absolute Gasteiger partial charge is 0.385 e. The molecule has 1 fully saturated rings. The molecule has 3 N–H and O–H groups in total. The first-order valence-electron chi connectivity index (χ1n) is 6.03. The number of aromatic nitrogens is 4. The molecule has 19 heavy (non-hydrogen) atoms. The van der Waals surface area contributed by atoms with E-state index in [0.29, 0.717) is 31.0 Å². The number of fused-ring (bicyclic) bond motifs is 1. The van der Waals surface area contributed by atoms with E-state index in [-0.39, 0.29) is 11.4 Å². The van der Waals surface area contributed by atoms with E-state index < -0.39 is 5.60 Å². The molecule has 2 aromatic heterocycles. The molecule has 1 aliphatic heterocycles. The standard InChI is InChI=1S/C11H14ClN5O2/c1-6-11(18,2-3-19-6)5-13-8-7-4-14-17-9(7)16-10(12)15-8/h4,6,18H,2-3,5H2,1H3,(H2,13,14,15,16,17). The number of hydrogen-bond acceptors (Lipinski definition) is 6. The molecule has 3 rings (SSSR count). The molecule has 2 unspecified atom stereocenters. The van der Waals surface area contributed by atoms with Crippen molar-refractivity contribution in [3.63, 3.8) is 0 Å². The van der Waals surface area contributed by atoms with Crippen LogP contribution in [0.25, 0.3) is 11.0 Å². The minimum absolute atomic E-state index is 0.127. The van der Waals surface area contributed by atoms with E-state index in [0.717, 1.165) is 5.39 Å². The van der Waals surface area contributed by atoms with Crippen LogP contribution in [0.5, 0.6) is 0 Å². The zero-order chi connectivity index (χ0) is 13.5. The monoisotopic (exact) mass is 283 g/mol. The topological polar surface area (TPSA) is 96.0 Å². The maximum Gasteiger partial charge on any atom is 0.226 e. The molecule has 0 saturated carbocycles. The summed E-state index contributed by atoms with van der Waals surface area (Å²) >= 11 is 5.84. The number of rotatable bonds is 3. The zero-order valence-corrected chi connectivity index (χ0v) is 11.1. The minimum Gasteiger partial charge on any atom is -0.385 e. The highest BCUT2D eigenvalue weighted by molar-refractivity contribution is 6.28. The van der Waals surface area contributed by atoms with Gasteiger partial charge in [0.2, 0.25) is 5.28 Å². The van der Waals surface area contributed by atoms with Crippen LogP contribution in [0.15, 0.2) is 6.20 Å². The number of nitrogens with zero attached hydrogens (tertiary/aromatic N) is 3. The lowest BCUT2D eigenvalue weighted by atomic mass is 9.97. The molecule has 1 saturated heterocycles. The molecule has 0 spiro atoms. The molecule has 0 aromatic carbocycles. The lowest BCUT2D eigenvalue weighted by Gasteiger charge is -2.26. The lowest BCUT2D eigenvalue weighted by Crippen LogP contribution is -2.43. The second kappa shape index (κ2) is 4.59. The van der Waals surface area contributed by atoms with Gasteiger partial charge in [-0.25, -0.2) is 0 Å². The van der Waals surface area contributed by atoms with Crippen molar-refractivity contribution in [3.05, 3.63) is 11.5 Å². The van der Waals surface area contributed by atoms with Crippen LogP contribution in [-0.4, -0.2) is 50.1 Å². The summed E-state index contributed by atoms with van der Waals surface area (Å²) in [7, 11) is 0. The van der Waals surface area contributed by atoms with E-state index in [1.807, 2.05) is 6.92 Å². The van der Waals surface area contributed by atoms with Gasteiger partial charge in [-0.3, -0.25) is 5.10 Å². The van der Waals surface area contributed by atoms with E-state index in [9.17, 15) is 5.11 Å². The Morgan fingerprint density at radius 2 is 2.47 bits per heavy atom. The van der Waals surface area contributed by atoms with E-state index in [1.165, 1.54) is 0 Å². The third kappa shape index (κ3) is 2.24. The molecular weight excluding hydrogens is 270 g/mol. The van der Waals surface area contributed by atoms with Crippen LogP contribution in [-0.2, 0) is 4.74 Å². The molecule has 0 amide bonds. The molecule has 2 aromatic rings. The van der Waals surface area contributed by atoms with Gasteiger partial charge in [0.1, 0.15) is 11.4 Å². The summed E-state index contributed by atoms with van der Waals surface area (Å²) in [6, 6.07) is 0. The third-order valence-electron chi connectivity index (χ3n) is 3.50. The third-order valence-corrected chi connectivity index (χ3v) is 3.67. The summed E-state index contributed by atoms with van der Waals surface area (Å²) in [6.07, 6.45) is 2.00. The van der Waals surface area contributed by atoms with Crippen LogP contribution in [0, 0.1) is 0 Å². The Hall–Kier alpha value is -1.44. The van der Waals surface area contributed by atoms with E-state index in [1.54, 1.807) is 6.20 Å². The molecule has 0 aliphatic carbocycles. The molecule has 0 bridgehead atoms. The fourth-order valence-electron chi connectivity index (χ4n) is 2.18. The van der Waals surface area contributed by atoms with Crippen LogP contribution >= 0.6 is 11.6 Å². The molecule has 2 atom stereocenters. The summed E-state index contributed by atoms with van der Waals surface area (Å²) < 4.78 is 5.39. The number of anilines is 1. The Morgan fingerprint density at radius 3 is 3.21 bits per heavy atom. The number of ether oxygens (including phenoxy) is 1. The highest BCUT2D eigenvalue weighted by atomic mass is 35.5. The fourth-order valence-corrected chi connectivity index (χ4v) is 2.35. The van der Waals surface area contributed by atoms with Crippen molar-refractivity contribution >= 4 is 28.5 Å². The number of aromatic amines is 1. The maximum atomic E-state index is 10.4. The number of hydrogen-bond donors (Lipinski definition) is 3.